The van der Waals surface area contributed by atoms with Crippen LogP contribution in [-0.4, -0.2) is 36.3 Å². The Morgan fingerprint density at radius 1 is 1.06 bits per heavy atom. The zero-order chi connectivity index (χ0) is 23.3. The van der Waals surface area contributed by atoms with Crippen molar-refractivity contribution in [2.75, 3.05) is 36.5 Å². The first-order valence-corrected chi connectivity index (χ1v) is 12.2. The van der Waals surface area contributed by atoms with Crippen molar-refractivity contribution in [3.05, 3.63) is 89.6 Å². The van der Waals surface area contributed by atoms with Crippen molar-refractivity contribution in [2.24, 2.45) is 0 Å². The molecule has 5 rings (SSSR count). The maximum Gasteiger partial charge on any atom is 0.132 e. The zero-order valence-electron chi connectivity index (χ0n) is 19.3. The number of hydrogen-bond acceptors (Lipinski definition) is 4. The number of fused-ring (bicyclic) bond motifs is 1. The highest BCUT2D eigenvalue weighted by atomic mass is 32.1. The van der Waals surface area contributed by atoms with Crippen LogP contribution in [0.1, 0.15) is 23.6 Å². The molecule has 1 saturated heterocycles. The lowest BCUT2D eigenvalue weighted by Crippen LogP contribution is -2.36. The van der Waals surface area contributed by atoms with Gasteiger partial charge in [0.2, 0.25) is 0 Å². The van der Waals surface area contributed by atoms with Gasteiger partial charge in [-0.05, 0) is 47.9 Å². The molecule has 2 heterocycles. The predicted molar refractivity (Wildman–Crippen MR) is 143 cm³/mol. The largest absolute Gasteiger partial charge is 0.488 e. The smallest absolute Gasteiger partial charge is 0.132 e. The molecule has 3 aromatic carbocycles. The second-order valence-electron chi connectivity index (χ2n) is 8.44. The average molecular weight is 472 g/mol. The second-order valence-corrected chi connectivity index (χ2v) is 8.84. The summed E-state index contributed by atoms with van der Waals surface area (Å²) >= 11 is 5.87. The maximum absolute atomic E-state index is 6.27. The van der Waals surface area contributed by atoms with E-state index >= 15 is 0 Å². The SMILES string of the molecule is CCc1c[nH]c2cc(OCc3ccccc3)c(C(=S)Nc3ccc(N4CCOCC4)cc3)cc12. The minimum Gasteiger partial charge on any atom is -0.488 e. The molecule has 0 aliphatic carbocycles. The number of morpholine rings is 1. The highest BCUT2D eigenvalue weighted by Crippen LogP contribution is 2.30. The summed E-state index contributed by atoms with van der Waals surface area (Å²) in [6.07, 6.45) is 3.02. The van der Waals surface area contributed by atoms with Crippen molar-refractivity contribution in [2.45, 2.75) is 20.0 Å². The minimum atomic E-state index is 0.484. The van der Waals surface area contributed by atoms with Gasteiger partial charge in [-0.2, -0.15) is 0 Å². The number of aromatic amines is 1. The van der Waals surface area contributed by atoms with Crippen LogP contribution in [0, 0.1) is 0 Å². The molecule has 5 nitrogen and oxygen atoms in total. The van der Waals surface area contributed by atoms with E-state index in [-0.39, 0.29) is 0 Å². The van der Waals surface area contributed by atoms with E-state index in [1.165, 1.54) is 16.6 Å². The summed E-state index contributed by atoms with van der Waals surface area (Å²) in [5, 5.41) is 4.60. The van der Waals surface area contributed by atoms with Gasteiger partial charge >= 0.3 is 0 Å². The Kier molecular flexibility index (Phi) is 6.79. The lowest BCUT2D eigenvalue weighted by Gasteiger charge is -2.29. The fraction of sp³-hybridized carbons (Fsp3) is 0.250. The monoisotopic (exact) mass is 471 g/mol. The molecule has 0 atom stereocenters. The van der Waals surface area contributed by atoms with E-state index in [2.05, 4.69) is 76.9 Å². The molecule has 0 unspecified atom stereocenters. The van der Waals surface area contributed by atoms with E-state index in [4.69, 9.17) is 21.7 Å². The Morgan fingerprint density at radius 2 is 1.82 bits per heavy atom. The quantitative estimate of drug-likeness (QED) is 0.327. The molecule has 0 saturated carbocycles. The highest BCUT2D eigenvalue weighted by Gasteiger charge is 2.15. The van der Waals surface area contributed by atoms with Crippen LogP contribution >= 0.6 is 12.2 Å². The number of nitrogens with zero attached hydrogens (tertiary/aromatic N) is 1. The van der Waals surface area contributed by atoms with Crippen LogP contribution in [0.3, 0.4) is 0 Å². The van der Waals surface area contributed by atoms with E-state index in [9.17, 15) is 0 Å². The van der Waals surface area contributed by atoms with Crippen molar-refractivity contribution in [3.8, 4) is 5.75 Å². The number of hydrogen-bond donors (Lipinski definition) is 2. The maximum atomic E-state index is 6.27. The van der Waals surface area contributed by atoms with Gasteiger partial charge in [0.15, 0.2) is 0 Å². The van der Waals surface area contributed by atoms with Crippen LogP contribution in [0.5, 0.6) is 5.75 Å². The highest BCUT2D eigenvalue weighted by molar-refractivity contribution is 7.81. The standard InChI is InChI=1S/C28H29N3O2S/c1-2-21-18-29-26-17-27(33-19-20-6-4-3-5-7-20)25(16-24(21)26)28(34)30-22-8-10-23(11-9-22)31-12-14-32-15-13-31/h3-11,16-18,29H,2,12-15,19H2,1H3,(H,30,34). The first-order valence-electron chi connectivity index (χ1n) is 11.8. The van der Waals surface area contributed by atoms with Crippen molar-refractivity contribution in [3.63, 3.8) is 0 Å². The summed E-state index contributed by atoms with van der Waals surface area (Å²) in [5.74, 6) is 0.767. The summed E-state index contributed by atoms with van der Waals surface area (Å²) in [7, 11) is 0. The molecule has 1 aromatic heterocycles. The van der Waals surface area contributed by atoms with Gasteiger partial charge in [0.25, 0.3) is 0 Å². The third kappa shape index (κ3) is 4.93. The zero-order valence-corrected chi connectivity index (χ0v) is 20.2. The van der Waals surface area contributed by atoms with Gasteiger partial charge in [-0.1, -0.05) is 49.5 Å². The molecular formula is C28H29N3O2S. The van der Waals surface area contributed by atoms with Gasteiger partial charge in [0.05, 0.1) is 18.8 Å². The van der Waals surface area contributed by atoms with Gasteiger partial charge in [0, 0.05) is 47.6 Å². The molecular weight excluding hydrogens is 442 g/mol. The van der Waals surface area contributed by atoms with Gasteiger partial charge in [-0.3, -0.25) is 0 Å². The molecule has 1 fully saturated rings. The lowest BCUT2D eigenvalue weighted by atomic mass is 10.1. The number of ether oxygens (including phenoxy) is 2. The topological polar surface area (TPSA) is 49.5 Å². The minimum absolute atomic E-state index is 0.484. The fourth-order valence-corrected chi connectivity index (χ4v) is 4.59. The van der Waals surface area contributed by atoms with E-state index < -0.39 is 0 Å². The first kappa shape index (κ1) is 22.4. The van der Waals surface area contributed by atoms with Gasteiger partial charge in [0.1, 0.15) is 17.3 Å². The Bertz CT molecular complexity index is 1260. The average Bonchev–Trinajstić information content (AvgIpc) is 3.30. The van der Waals surface area contributed by atoms with Crippen LogP contribution in [-0.2, 0) is 17.8 Å². The summed E-state index contributed by atoms with van der Waals surface area (Å²) in [6, 6.07) is 22.8. The molecule has 0 bridgehead atoms. The summed E-state index contributed by atoms with van der Waals surface area (Å²) in [6.45, 7) is 6.04. The lowest BCUT2D eigenvalue weighted by molar-refractivity contribution is 0.122. The van der Waals surface area contributed by atoms with Crippen molar-refractivity contribution < 1.29 is 9.47 Å². The van der Waals surface area contributed by atoms with Crippen molar-refractivity contribution >= 4 is 39.5 Å². The Morgan fingerprint density at radius 3 is 2.56 bits per heavy atom. The summed E-state index contributed by atoms with van der Waals surface area (Å²) < 4.78 is 11.7. The van der Waals surface area contributed by atoms with E-state index in [0.29, 0.717) is 11.6 Å². The molecule has 0 amide bonds. The second kappa shape index (κ2) is 10.3. The van der Waals surface area contributed by atoms with Gasteiger partial charge in [-0.15, -0.1) is 0 Å². The molecule has 4 aromatic rings. The van der Waals surface area contributed by atoms with Crippen molar-refractivity contribution in [1.82, 2.24) is 4.98 Å². The van der Waals surface area contributed by atoms with Gasteiger partial charge < -0.3 is 24.7 Å². The third-order valence-electron chi connectivity index (χ3n) is 6.23. The Labute approximate surface area is 205 Å². The number of thiocarbonyl (C=S) groups is 1. The number of aryl methyl sites for hydroxylation is 1. The summed E-state index contributed by atoms with van der Waals surface area (Å²) in [5.41, 5.74) is 6.50. The van der Waals surface area contributed by atoms with Crippen molar-refractivity contribution in [1.29, 1.82) is 0 Å². The molecule has 0 spiro atoms. The van der Waals surface area contributed by atoms with E-state index in [0.717, 1.165) is 60.8 Å². The number of anilines is 2. The number of nitrogens with one attached hydrogen (secondary N) is 2. The Hall–Kier alpha value is -3.35. The van der Waals surface area contributed by atoms with Crippen LogP contribution in [0.15, 0.2) is 72.9 Å². The number of H-pyrrole nitrogens is 1. The molecule has 1 aliphatic rings. The number of benzene rings is 3. The van der Waals surface area contributed by atoms with Gasteiger partial charge in [-0.25, -0.2) is 0 Å². The first-order chi connectivity index (χ1) is 16.7. The number of aromatic nitrogens is 1. The van der Waals surface area contributed by atoms with Crippen LogP contribution in [0.2, 0.25) is 0 Å². The molecule has 34 heavy (non-hydrogen) atoms. The molecule has 6 heteroatoms. The molecule has 174 valence electrons. The normalized spacial score (nSPS) is 13.7. The third-order valence-corrected chi connectivity index (χ3v) is 6.55. The van der Waals surface area contributed by atoms with Crippen LogP contribution < -0.4 is 15.0 Å². The predicted octanol–water partition coefficient (Wildman–Crippen LogP) is 5.93. The molecule has 1 aliphatic heterocycles. The van der Waals surface area contributed by atoms with Crippen LogP contribution in [0.25, 0.3) is 10.9 Å². The fourth-order valence-electron chi connectivity index (χ4n) is 4.31. The number of rotatable bonds is 7. The Balaban J connectivity index is 1.39. The molecule has 2 N–H and O–H groups in total. The molecule has 0 radical (unpaired) electrons. The van der Waals surface area contributed by atoms with Crippen LogP contribution in [0.4, 0.5) is 11.4 Å². The summed E-state index contributed by atoms with van der Waals surface area (Å²) in [4.78, 5) is 6.36. The van der Waals surface area contributed by atoms with E-state index in [1.54, 1.807) is 0 Å². The van der Waals surface area contributed by atoms with E-state index in [1.807, 2.05) is 18.2 Å².